The molecule has 8 atom stereocenters. The molecule has 7 heteroatoms. The summed E-state index contributed by atoms with van der Waals surface area (Å²) in [6.07, 6.45) is 3.61. The van der Waals surface area contributed by atoms with Gasteiger partial charge in [-0.25, -0.2) is 9.78 Å². The van der Waals surface area contributed by atoms with Crippen molar-refractivity contribution >= 4 is 5.97 Å². The van der Waals surface area contributed by atoms with Crippen molar-refractivity contribution in [3.63, 3.8) is 0 Å². The molecule has 0 amide bonds. The van der Waals surface area contributed by atoms with Crippen molar-refractivity contribution in [3.8, 4) is 5.75 Å². The van der Waals surface area contributed by atoms with Gasteiger partial charge in [0.05, 0.1) is 0 Å². The second-order valence-electron chi connectivity index (χ2n) is 9.93. The Morgan fingerprint density at radius 2 is 1.90 bits per heavy atom. The van der Waals surface area contributed by atoms with Crippen LogP contribution < -0.4 is 4.74 Å². The lowest BCUT2D eigenvalue weighted by Crippen LogP contribution is -2.70. The van der Waals surface area contributed by atoms with Crippen LogP contribution in [-0.2, 0) is 30.5 Å². The Kier molecular flexibility index (Phi) is 5.28. The SMILES string of the molecule is C[C@H]1[C@@H](Oc2ccc(CCC(=O)O)cc2)O[C@@H]2O[C@@]3(C)CC[C@H]4[C@H](C)CC[C@@H]1[C@@]24OO3. The van der Waals surface area contributed by atoms with E-state index in [-0.39, 0.29) is 18.3 Å². The fourth-order valence-corrected chi connectivity index (χ4v) is 6.13. The van der Waals surface area contributed by atoms with E-state index >= 15 is 0 Å². The highest BCUT2D eigenvalue weighted by molar-refractivity contribution is 5.67. The minimum Gasteiger partial charge on any atom is -0.481 e. The fourth-order valence-electron chi connectivity index (χ4n) is 6.13. The first-order valence-electron chi connectivity index (χ1n) is 11.5. The molecule has 4 saturated heterocycles. The third-order valence-electron chi connectivity index (χ3n) is 7.90. The van der Waals surface area contributed by atoms with Gasteiger partial charge in [-0.1, -0.05) is 26.0 Å². The number of aliphatic carboxylic acids is 1. The van der Waals surface area contributed by atoms with Crippen LogP contribution >= 0.6 is 0 Å². The van der Waals surface area contributed by atoms with E-state index in [2.05, 4.69) is 13.8 Å². The molecule has 5 fully saturated rings. The van der Waals surface area contributed by atoms with E-state index in [4.69, 9.17) is 29.1 Å². The first-order valence-corrected chi connectivity index (χ1v) is 11.5. The van der Waals surface area contributed by atoms with Gasteiger partial charge in [0.25, 0.3) is 0 Å². The molecule has 6 rings (SSSR count). The summed E-state index contributed by atoms with van der Waals surface area (Å²) in [4.78, 5) is 22.8. The molecule has 0 radical (unpaired) electrons. The number of rotatable bonds is 5. The third kappa shape index (κ3) is 3.55. The molecule has 0 unspecified atom stereocenters. The molecule has 5 aliphatic rings. The smallest absolute Gasteiger partial charge is 0.303 e. The summed E-state index contributed by atoms with van der Waals surface area (Å²) >= 11 is 0. The zero-order valence-corrected chi connectivity index (χ0v) is 18.4. The molecule has 2 bridgehead atoms. The predicted molar refractivity (Wildman–Crippen MR) is 110 cm³/mol. The summed E-state index contributed by atoms with van der Waals surface area (Å²) in [5.41, 5.74) is 0.381. The average Bonchev–Trinajstić information content (AvgIpc) is 2.97. The highest BCUT2D eigenvalue weighted by Crippen LogP contribution is 2.60. The summed E-state index contributed by atoms with van der Waals surface area (Å²) < 4.78 is 19.1. The van der Waals surface area contributed by atoms with Gasteiger partial charge in [-0.3, -0.25) is 4.79 Å². The van der Waals surface area contributed by atoms with Crippen LogP contribution in [0.15, 0.2) is 24.3 Å². The topological polar surface area (TPSA) is 83.5 Å². The Morgan fingerprint density at radius 1 is 1.13 bits per heavy atom. The zero-order chi connectivity index (χ0) is 21.8. The van der Waals surface area contributed by atoms with Gasteiger partial charge in [0, 0.05) is 24.7 Å². The number of carbonyl (C=O) groups is 1. The Hall–Kier alpha value is -1.67. The van der Waals surface area contributed by atoms with Crippen molar-refractivity contribution in [2.45, 2.75) is 83.3 Å². The molecule has 4 heterocycles. The summed E-state index contributed by atoms with van der Waals surface area (Å²) in [7, 11) is 0. The van der Waals surface area contributed by atoms with Gasteiger partial charge in [0.2, 0.25) is 12.1 Å². The van der Waals surface area contributed by atoms with Crippen LogP contribution in [-0.4, -0.2) is 35.0 Å². The highest BCUT2D eigenvalue weighted by Gasteiger charge is 2.69. The quantitative estimate of drug-likeness (QED) is 0.695. The summed E-state index contributed by atoms with van der Waals surface area (Å²) in [6, 6.07) is 7.58. The van der Waals surface area contributed by atoms with Crippen molar-refractivity contribution < 1.29 is 33.9 Å². The lowest BCUT2D eigenvalue weighted by Gasteiger charge is -2.60. The third-order valence-corrected chi connectivity index (χ3v) is 7.90. The molecule has 4 aliphatic heterocycles. The first kappa shape index (κ1) is 21.2. The van der Waals surface area contributed by atoms with E-state index in [0.29, 0.717) is 24.0 Å². The molecular weight excluding hydrogens is 400 g/mol. The van der Waals surface area contributed by atoms with Crippen LogP contribution in [0.25, 0.3) is 0 Å². The maximum absolute atomic E-state index is 10.8. The summed E-state index contributed by atoms with van der Waals surface area (Å²) in [6.45, 7) is 6.39. The maximum Gasteiger partial charge on any atom is 0.303 e. The number of fused-ring (bicyclic) bond motifs is 2. The first-order chi connectivity index (χ1) is 14.8. The van der Waals surface area contributed by atoms with Crippen molar-refractivity contribution in [3.05, 3.63) is 29.8 Å². The van der Waals surface area contributed by atoms with Crippen molar-refractivity contribution in [2.75, 3.05) is 0 Å². The van der Waals surface area contributed by atoms with Crippen LogP contribution in [0, 0.1) is 23.7 Å². The number of aryl methyl sites for hydroxylation is 1. The number of benzene rings is 1. The van der Waals surface area contributed by atoms with E-state index in [1.54, 1.807) is 0 Å². The van der Waals surface area contributed by atoms with Gasteiger partial charge < -0.3 is 19.3 Å². The number of hydrogen-bond acceptors (Lipinski definition) is 6. The monoisotopic (exact) mass is 432 g/mol. The normalized spacial score (nSPS) is 43.7. The van der Waals surface area contributed by atoms with Crippen LogP contribution in [0.3, 0.4) is 0 Å². The van der Waals surface area contributed by atoms with Gasteiger partial charge >= 0.3 is 5.97 Å². The van der Waals surface area contributed by atoms with Gasteiger partial charge in [-0.15, -0.1) is 0 Å². The van der Waals surface area contributed by atoms with E-state index in [1.807, 2.05) is 31.2 Å². The Bertz CT molecular complexity index is 826. The van der Waals surface area contributed by atoms with Crippen LogP contribution in [0.1, 0.15) is 58.4 Å². The van der Waals surface area contributed by atoms with Gasteiger partial charge in [0.15, 0.2) is 11.9 Å². The van der Waals surface area contributed by atoms with E-state index < -0.39 is 29.9 Å². The van der Waals surface area contributed by atoms with Gasteiger partial charge in [-0.2, -0.15) is 0 Å². The molecule has 0 aromatic heterocycles. The Labute approximate surface area is 182 Å². The van der Waals surface area contributed by atoms with Gasteiger partial charge in [-0.05, 0) is 62.1 Å². The fraction of sp³-hybridized carbons (Fsp3) is 0.708. The molecule has 1 N–H and O–H groups in total. The van der Waals surface area contributed by atoms with E-state index in [9.17, 15) is 4.79 Å². The minimum atomic E-state index is -0.797. The lowest BCUT2D eigenvalue weighted by atomic mass is 9.58. The van der Waals surface area contributed by atoms with Crippen molar-refractivity contribution in [2.24, 2.45) is 23.7 Å². The second kappa shape index (κ2) is 7.73. The summed E-state index contributed by atoms with van der Waals surface area (Å²) in [5.74, 6) is 0.290. The zero-order valence-electron chi connectivity index (χ0n) is 18.4. The molecule has 1 saturated carbocycles. The Balaban J connectivity index is 1.37. The highest BCUT2D eigenvalue weighted by atomic mass is 17.3. The predicted octanol–water partition coefficient (Wildman–Crippen LogP) is 4.29. The van der Waals surface area contributed by atoms with Crippen LogP contribution in [0.5, 0.6) is 5.75 Å². The molecule has 1 aliphatic carbocycles. The van der Waals surface area contributed by atoms with Gasteiger partial charge in [0.1, 0.15) is 5.75 Å². The molecule has 1 aromatic rings. The minimum absolute atomic E-state index is 0.104. The van der Waals surface area contributed by atoms with Crippen molar-refractivity contribution in [1.29, 1.82) is 0 Å². The van der Waals surface area contributed by atoms with Crippen molar-refractivity contribution in [1.82, 2.24) is 0 Å². The number of carboxylic acids is 1. The van der Waals surface area contributed by atoms with E-state index in [0.717, 1.165) is 31.2 Å². The lowest BCUT2D eigenvalue weighted by molar-refractivity contribution is -0.575. The number of carboxylic acid groups (broad SMARTS) is 1. The number of hydrogen-bond donors (Lipinski definition) is 1. The molecule has 1 aromatic carbocycles. The largest absolute Gasteiger partial charge is 0.481 e. The van der Waals surface area contributed by atoms with Crippen LogP contribution in [0.4, 0.5) is 0 Å². The maximum atomic E-state index is 10.8. The number of ether oxygens (including phenoxy) is 3. The molecule has 31 heavy (non-hydrogen) atoms. The second-order valence-corrected chi connectivity index (χ2v) is 9.93. The Morgan fingerprint density at radius 3 is 2.65 bits per heavy atom. The average molecular weight is 433 g/mol. The molecule has 7 nitrogen and oxygen atoms in total. The summed E-state index contributed by atoms with van der Waals surface area (Å²) in [5, 5.41) is 8.87. The molecule has 170 valence electrons. The van der Waals surface area contributed by atoms with Crippen LogP contribution in [0.2, 0.25) is 0 Å². The standard InChI is InChI=1S/C24H32O7/c1-14-4-10-19-15(2)21(27-17-8-5-16(6-9-17)7-11-20(25)26)28-22-24(19)18(14)12-13-23(3,29-22)30-31-24/h5-6,8-9,14-15,18-19,21-22H,4,7,10-13H2,1-3H3,(H,25,26)/t14-,15-,18+,19+,21+,22-,23-,24-/m1/s1. The van der Waals surface area contributed by atoms with E-state index in [1.165, 1.54) is 0 Å². The molecule has 1 spiro atoms. The molecular formula is C24H32O7.